The molecular formula is C16H16I2N2O. The van der Waals surface area contributed by atoms with E-state index in [1.165, 1.54) is 0 Å². The Labute approximate surface area is 152 Å². The molecule has 21 heavy (non-hydrogen) atoms. The molecule has 110 valence electrons. The highest BCUT2D eigenvalue weighted by Crippen LogP contribution is 2.25. The lowest BCUT2D eigenvalue weighted by atomic mass is 10.0. The van der Waals surface area contributed by atoms with Crippen molar-refractivity contribution in [2.24, 2.45) is 0 Å². The topological polar surface area (TPSA) is 32.3 Å². The Morgan fingerprint density at radius 3 is 2.05 bits per heavy atom. The number of benzene rings is 2. The molecule has 0 unspecified atom stereocenters. The van der Waals surface area contributed by atoms with Crippen molar-refractivity contribution in [3.05, 3.63) is 54.7 Å². The minimum atomic E-state index is 0.0544. The van der Waals surface area contributed by atoms with Crippen LogP contribution in [0.15, 0.2) is 36.4 Å². The van der Waals surface area contributed by atoms with Crippen molar-refractivity contribution in [3.8, 4) is 0 Å². The second-order valence-corrected chi connectivity index (χ2v) is 7.16. The monoisotopic (exact) mass is 506 g/mol. The Morgan fingerprint density at radius 1 is 1.00 bits per heavy atom. The van der Waals surface area contributed by atoms with Crippen LogP contribution in [0, 0.1) is 7.14 Å². The first-order valence-corrected chi connectivity index (χ1v) is 8.58. The van der Waals surface area contributed by atoms with Crippen LogP contribution >= 0.6 is 45.2 Å². The van der Waals surface area contributed by atoms with Crippen LogP contribution in [-0.2, 0) is 0 Å². The van der Waals surface area contributed by atoms with Gasteiger partial charge in [-0.2, -0.15) is 0 Å². The fourth-order valence-corrected chi connectivity index (χ4v) is 3.82. The molecule has 0 saturated heterocycles. The fourth-order valence-electron chi connectivity index (χ4n) is 2.04. The third kappa shape index (κ3) is 3.68. The zero-order valence-corrected chi connectivity index (χ0v) is 16.4. The van der Waals surface area contributed by atoms with Crippen molar-refractivity contribution in [2.45, 2.75) is 0 Å². The summed E-state index contributed by atoms with van der Waals surface area (Å²) in [7, 11) is 5.87. The average Bonchev–Trinajstić information content (AvgIpc) is 2.45. The summed E-state index contributed by atoms with van der Waals surface area (Å²) >= 11 is 4.50. The standard InChI is InChI=1S/C16H16I2N2O/c1-19-14-6-4-10(8-12(14)17)16(21)11-5-7-15(20(2)3)13(18)9-11/h4-9,19H,1-3H3. The van der Waals surface area contributed by atoms with Gasteiger partial charge < -0.3 is 10.2 Å². The first-order chi connectivity index (χ1) is 9.93. The van der Waals surface area contributed by atoms with E-state index in [2.05, 4.69) is 50.5 Å². The number of carbonyl (C=O) groups is 1. The molecule has 0 spiro atoms. The molecule has 0 saturated carbocycles. The Hall–Kier alpha value is -0.830. The molecule has 2 aromatic carbocycles. The molecule has 0 fully saturated rings. The third-order valence-corrected chi connectivity index (χ3v) is 4.95. The first-order valence-electron chi connectivity index (χ1n) is 6.43. The van der Waals surface area contributed by atoms with Crippen LogP contribution < -0.4 is 10.2 Å². The summed E-state index contributed by atoms with van der Waals surface area (Å²) in [6.45, 7) is 0. The molecule has 1 N–H and O–H groups in total. The van der Waals surface area contributed by atoms with Crippen LogP contribution in [0.3, 0.4) is 0 Å². The summed E-state index contributed by atoms with van der Waals surface area (Å²) in [6, 6.07) is 11.5. The SMILES string of the molecule is CNc1ccc(C(=O)c2ccc(N(C)C)c(I)c2)cc1I. The lowest BCUT2D eigenvalue weighted by Gasteiger charge is -2.15. The van der Waals surface area contributed by atoms with Gasteiger partial charge in [0.15, 0.2) is 5.78 Å². The van der Waals surface area contributed by atoms with Gasteiger partial charge in [-0.3, -0.25) is 4.79 Å². The third-order valence-electron chi connectivity index (χ3n) is 3.19. The van der Waals surface area contributed by atoms with Crippen molar-refractivity contribution < 1.29 is 4.79 Å². The number of rotatable bonds is 4. The van der Waals surface area contributed by atoms with Crippen LogP contribution in [0.5, 0.6) is 0 Å². The quantitative estimate of drug-likeness (QED) is 0.498. The molecule has 0 aromatic heterocycles. The number of nitrogens with zero attached hydrogens (tertiary/aromatic N) is 1. The normalized spacial score (nSPS) is 10.3. The molecule has 0 aliphatic carbocycles. The van der Waals surface area contributed by atoms with E-state index in [0.29, 0.717) is 5.56 Å². The number of ketones is 1. The van der Waals surface area contributed by atoms with Gasteiger partial charge in [0.05, 0.1) is 0 Å². The van der Waals surface area contributed by atoms with Crippen LogP contribution in [0.1, 0.15) is 15.9 Å². The minimum Gasteiger partial charge on any atom is -0.387 e. The number of carbonyl (C=O) groups excluding carboxylic acids is 1. The van der Waals surface area contributed by atoms with Crippen molar-refractivity contribution in [1.82, 2.24) is 0 Å². The molecule has 0 heterocycles. The molecule has 0 radical (unpaired) electrons. The summed E-state index contributed by atoms with van der Waals surface area (Å²) in [4.78, 5) is 14.6. The molecular weight excluding hydrogens is 490 g/mol. The van der Waals surface area contributed by atoms with E-state index in [4.69, 9.17) is 0 Å². The number of hydrogen-bond acceptors (Lipinski definition) is 3. The summed E-state index contributed by atoms with van der Waals surface area (Å²) < 4.78 is 2.12. The van der Waals surface area contributed by atoms with Gasteiger partial charge in [0.2, 0.25) is 0 Å². The van der Waals surface area contributed by atoms with Crippen LogP contribution in [0.2, 0.25) is 0 Å². The molecule has 0 amide bonds. The van der Waals surface area contributed by atoms with Crippen LogP contribution in [0.4, 0.5) is 11.4 Å². The van der Waals surface area contributed by atoms with Gasteiger partial charge in [-0.15, -0.1) is 0 Å². The van der Waals surface area contributed by atoms with E-state index >= 15 is 0 Å². The Kier molecular flexibility index (Phi) is 5.48. The van der Waals surface area contributed by atoms with E-state index in [0.717, 1.165) is 24.1 Å². The zero-order chi connectivity index (χ0) is 15.6. The maximum Gasteiger partial charge on any atom is 0.193 e. The van der Waals surface area contributed by atoms with E-state index < -0.39 is 0 Å². The summed E-state index contributed by atoms with van der Waals surface area (Å²) in [5, 5.41) is 3.10. The molecule has 0 aliphatic rings. The predicted octanol–water partition coefficient (Wildman–Crippen LogP) is 4.23. The van der Waals surface area contributed by atoms with Crippen molar-refractivity contribution in [2.75, 3.05) is 31.4 Å². The van der Waals surface area contributed by atoms with Crippen molar-refractivity contribution in [3.63, 3.8) is 0 Å². The lowest BCUT2D eigenvalue weighted by Crippen LogP contribution is -2.11. The highest BCUT2D eigenvalue weighted by Gasteiger charge is 2.13. The van der Waals surface area contributed by atoms with Crippen LogP contribution in [0.25, 0.3) is 0 Å². The lowest BCUT2D eigenvalue weighted by molar-refractivity contribution is 0.103. The smallest absolute Gasteiger partial charge is 0.193 e. The van der Waals surface area contributed by atoms with E-state index in [9.17, 15) is 4.79 Å². The second-order valence-electron chi connectivity index (χ2n) is 4.83. The van der Waals surface area contributed by atoms with Crippen LogP contribution in [-0.4, -0.2) is 26.9 Å². The first kappa shape index (κ1) is 16.5. The van der Waals surface area contributed by atoms with Gasteiger partial charge >= 0.3 is 0 Å². The molecule has 0 bridgehead atoms. The summed E-state index contributed by atoms with van der Waals surface area (Å²) in [5.74, 6) is 0.0544. The van der Waals surface area contributed by atoms with E-state index in [-0.39, 0.29) is 5.78 Å². The van der Waals surface area contributed by atoms with E-state index in [1.54, 1.807) is 0 Å². The number of nitrogens with one attached hydrogen (secondary N) is 1. The highest BCUT2D eigenvalue weighted by atomic mass is 127. The second kappa shape index (κ2) is 6.95. The molecule has 2 aromatic rings. The fraction of sp³-hybridized carbons (Fsp3) is 0.188. The number of halogens is 2. The summed E-state index contributed by atoms with van der Waals surface area (Å²) in [6.07, 6.45) is 0. The van der Waals surface area contributed by atoms with E-state index in [1.807, 2.05) is 62.4 Å². The molecule has 0 aliphatic heterocycles. The Morgan fingerprint density at radius 2 is 1.57 bits per heavy atom. The maximum atomic E-state index is 12.6. The predicted molar refractivity (Wildman–Crippen MR) is 106 cm³/mol. The van der Waals surface area contributed by atoms with Gasteiger partial charge in [-0.05, 0) is 81.6 Å². The van der Waals surface area contributed by atoms with Gasteiger partial charge in [-0.1, -0.05) is 0 Å². The van der Waals surface area contributed by atoms with Crippen molar-refractivity contribution in [1.29, 1.82) is 0 Å². The summed E-state index contributed by atoms with van der Waals surface area (Å²) in [5.41, 5.74) is 3.58. The Bertz CT molecular complexity index is 684. The van der Waals surface area contributed by atoms with Crippen molar-refractivity contribution >= 4 is 62.3 Å². The molecule has 2 rings (SSSR count). The molecule has 5 heteroatoms. The Balaban J connectivity index is 2.36. The van der Waals surface area contributed by atoms with Gasteiger partial charge in [0.25, 0.3) is 0 Å². The highest BCUT2D eigenvalue weighted by molar-refractivity contribution is 14.1. The molecule has 3 nitrogen and oxygen atoms in total. The van der Waals surface area contributed by atoms with Gasteiger partial charge in [0, 0.05) is 50.8 Å². The number of hydrogen-bond donors (Lipinski definition) is 1. The maximum absolute atomic E-state index is 12.6. The molecule has 0 atom stereocenters. The minimum absolute atomic E-state index is 0.0544. The zero-order valence-electron chi connectivity index (χ0n) is 12.1. The largest absolute Gasteiger partial charge is 0.387 e. The van der Waals surface area contributed by atoms with Gasteiger partial charge in [0.1, 0.15) is 0 Å². The average molecular weight is 506 g/mol. The van der Waals surface area contributed by atoms with Gasteiger partial charge in [-0.25, -0.2) is 0 Å². The number of anilines is 2.